The van der Waals surface area contributed by atoms with Crippen molar-refractivity contribution in [2.75, 3.05) is 57.3 Å². The molecular formula is C20H30ClN3O. The zero-order valence-electron chi connectivity index (χ0n) is 15.0. The van der Waals surface area contributed by atoms with Gasteiger partial charge in [-0.15, -0.1) is 0 Å². The van der Waals surface area contributed by atoms with Gasteiger partial charge in [0, 0.05) is 50.0 Å². The molecule has 5 heteroatoms. The molecule has 4 nitrogen and oxygen atoms in total. The van der Waals surface area contributed by atoms with Crippen molar-refractivity contribution in [1.82, 2.24) is 9.80 Å². The van der Waals surface area contributed by atoms with E-state index in [0.717, 1.165) is 55.9 Å². The summed E-state index contributed by atoms with van der Waals surface area (Å²) in [6, 6.07) is 8.20. The number of likely N-dealkylation sites (tertiary alicyclic amines) is 1. The van der Waals surface area contributed by atoms with Crippen LogP contribution in [0.15, 0.2) is 24.3 Å². The lowest BCUT2D eigenvalue weighted by molar-refractivity contribution is 0.160. The lowest BCUT2D eigenvalue weighted by Gasteiger charge is -2.36. The first-order valence-corrected chi connectivity index (χ1v) is 10.2. The first kappa shape index (κ1) is 17.6. The van der Waals surface area contributed by atoms with Gasteiger partial charge in [0.1, 0.15) is 0 Å². The standard InChI is InChI=1S/C20H30ClN3O/c21-18-3-1-4-19(13-18)24-9-7-22(8-10-24)5-2-6-23-14-16-11-20(25)12-17(16)15-23/h1,3-4,13,16-17,20,25H,2,5-12,14-15H2/t16-,17+,20?. The number of anilines is 1. The molecule has 1 unspecified atom stereocenters. The number of rotatable bonds is 5. The molecule has 0 bridgehead atoms. The highest BCUT2D eigenvalue weighted by Gasteiger charge is 2.39. The van der Waals surface area contributed by atoms with Gasteiger partial charge in [0.2, 0.25) is 0 Å². The fourth-order valence-corrected chi connectivity index (χ4v) is 5.15. The minimum absolute atomic E-state index is 0.0204. The second kappa shape index (κ2) is 7.83. The van der Waals surface area contributed by atoms with E-state index in [9.17, 15) is 5.11 Å². The molecule has 3 aliphatic rings. The van der Waals surface area contributed by atoms with E-state index in [1.165, 1.54) is 38.3 Å². The van der Waals surface area contributed by atoms with Gasteiger partial charge in [-0.25, -0.2) is 0 Å². The third kappa shape index (κ3) is 4.30. The Morgan fingerprint density at radius 2 is 1.64 bits per heavy atom. The summed E-state index contributed by atoms with van der Waals surface area (Å²) in [6.07, 6.45) is 3.31. The number of aliphatic hydroxyl groups is 1. The Kier molecular flexibility index (Phi) is 5.51. The van der Waals surface area contributed by atoms with Crippen LogP contribution in [0.2, 0.25) is 5.02 Å². The van der Waals surface area contributed by atoms with Gasteiger partial charge in [-0.05, 0) is 62.4 Å². The molecule has 1 aliphatic carbocycles. The third-order valence-electron chi connectivity index (χ3n) is 6.30. The van der Waals surface area contributed by atoms with Crippen LogP contribution in [0.25, 0.3) is 0 Å². The molecule has 2 heterocycles. The largest absolute Gasteiger partial charge is 0.393 e. The van der Waals surface area contributed by atoms with Crippen LogP contribution in [0.5, 0.6) is 0 Å². The van der Waals surface area contributed by atoms with Crippen molar-refractivity contribution in [3.63, 3.8) is 0 Å². The number of benzene rings is 1. The molecule has 0 amide bonds. The van der Waals surface area contributed by atoms with Gasteiger partial charge in [-0.1, -0.05) is 17.7 Å². The van der Waals surface area contributed by atoms with Crippen molar-refractivity contribution in [2.45, 2.75) is 25.4 Å². The first-order chi connectivity index (χ1) is 12.2. The van der Waals surface area contributed by atoms with E-state index >= 15 is 0 Å². The van der Waals surface area contributed by atoms with Crippen LogP contribution < -0.4 is 4.90 Å². The highest BCUT2D eigenvalue weighted by molar-refractivity contribution is 6.30. The molecule has 1 aromatic rings. The number of hydrogen-bond acceptors (Lipinski definition) is 4. The molecule has 2 aliphatic heterocycles. The summed E-state index contributed by atoms with van der Waals surface area (Å²) < 4.78 is 0. The number of nitrogens with zero attached hydrogens (tertiary/aromatic N) is 3. The monoisotopic (exact) mass is 363 g/mol. The molecule has 1 N–H and O–H groups in total. The normalized spacial score (nSPS) is 30.8. The van der Waals surface area contributed by atoms with Crippen molar-refractivity contribution in [3.05, 3.63) is 29.3 Å². The molecule has 4 rings (SSSR count). The summed E-state index contributed by atoms with van der Waals surface area (Å²) in [4.78, 5) is 7.67. The molecule has 1 saturated carbocycles. The van der Waals surface area contributed by atoms with Crippen LogP contribution in [-0.4, -0.2) is 73.4 Å². The van der Waals surface area contributed by atoms with Gasteiger partial charge >= 0.3 is 0 Å². The predicted molar refractivity (Wildman–Crippen MR) is 103 cm³/mol. The van der Waals surface area contributed by atoms with E-state index in [1.807, 2.05) is 12.1 Å². The minimum atomic E-state index is -0.0204. The summed E-state index contributed by atoms with van der Waals surface area (Å²) in [5.74, 6) is 1.52. The van der Waals surface area contributed by atoms with E-state index < -0.39 is 0 Å². The van der Waals surface area contributed by atoms with Gasteiger partial charge in [0.05, 0.1) is 6.10 Å². The Hall–Kier alpha value is -0.810. The van der Waals surface area contributed by atoms with Crippen LogP contribution in [0.3, 0.4) is 0 Å². The number of hydrogen-bond donors (Lipinski definition) is 1. The summed E-state index contributed by atoms with van der Waals surface area (Å²) in [5, 5.41) is 10.6. The fraction of sp³-hybridized carbons (Fsp3) is 0.700. The predicted octanol–water partition coefficient (Wildman–Crippen LogP) is 2.55. The average molecular weight is 364 g/mol. The van der Waals surface area contributed by atoms with Crippen LogP contribution in [0.1, 0.15) is 19.3 Å². The lowest BCUT2D eigenvalue weighted by atomic mass is 10.0. The number of aliphatic hydroxyl groups excluding tert-OH is 1. The Balaban J connectivity index is 1.15. The van der Waals surface area contributed by atoms with Gasteiger partial charge < -0.3 is 14.9 Å². The molecular weight excluding hydrogens is 334 g/mol. The summed E-state index contributed by atoms with van der Waals surface area (Å²) >= 11 is 6.11. The van der Waals surface area contributed by atoms with Gasteiger partial charge in [0.15, 0.2) is 0 Å². The Morgan fingerprint density at radius 1 is 0.960 bits per heavy atom. The smallest absolute Gasteiger partial charge is 0.0546 e. The maximum Gasteiger partial charge on any atom is 0.0546 e. The quantitative estimate of drug-likeness (QED) is 0.870. The second-order valence-corrected chi connectivity index (χ2v) is 8.50. The Bertz CT molecular complexity index is 562. The molecule has 3 atom stereocenters. The molecule has 0 aromatic heterocycles. The van der Waals surface area contributed by atoms with Crippen LogP contribution in [0, 0.1) is 11.8 Å². The topological polar surface area (TPSA) is 30.0 Å². The molecule has 138 valence electrons. The molecule has 0 radical (unpaired) electrons. The number of fused-ring (bicyclic) bond motifs is 1. The van der Waals surface area contributed by atoms with Gasteiger partial charge in [0.25, 0.3) is 0 Å². The minimum Gasteiger partial charge on any atom is -0.393 e. The summed E-state index contributed by atoms with van der Waals surface area (Å²) in [5.41, 5.74) is 1.25. The van der Waals surface area contributed by atoms with Crippen molar-refractivity contribution < 1.29 is 5.11 Å². The summed E-state index contributed by atoms with van der Waals surface area (Å²) in [7, 11) is 0. The van der Waals surface area contributed by atoms with Gasteiger partial charge in [-0.2, -0.15) is 0 Å². The average Bonchev–Trinajstić information content (AvgIpc) is 3.12. The van der Waals surface area contributed by atoms with E-state index in [1.54, 1.807) is 0 Å². The number of halogens is 1. The summed E-state index contributed by atoms with van der Waals surface area (Å²) in [6.45, 7) is 9.32. The maximum atomic E-state index is 9.75. The van der Waals surface area contributed by atoms with E-state index in [0.29, 0.717) is 0 Å². The van der Waals surface area contributed by atoms with E-state index in [-0.39, 0.29) is 6.10 Å². The zero-order valence-corrected chi connectivity index (χ0v) is 15.7. The zero-order chi connectivity index (χ0) is 17.2. The second-order valence-electron chi connectivity index (χ2n) is 8.07. The van der Waals surface area contributed by atoms with Crippen molar-refractivity contribution in [2.24, 2.45) is 11.8 Å². The van der Waals surface area contributed by atoms with Crippen LogP contribution >= 0.6 is 11.6 Å². The molecule has 25 heavy (non-hydrogen) atoms. The van der Waals surface area contributed by atoms with E-state index in [2.05, 4.69) is 26.8 Å². The van der Waals surface area contributed by atoms with Gasteiger partial charge in [-0.3, -0.25) is 4.90 Å². The first-order valence-electron chi connectivity index (χ1n) is 9.80. The van der Waals surface area contributed by atoms with E-state index in [4.69, 9.17) is 11.6 Å². The van der Waals surface area contributed by atoms with Crippen molar-refractivity contribution >= 4 is 17.3 Å². The molecule has 3 fully saturated rings. The highest BCUT2D eigenvalue weighted by Crippen LogP contribution is 2.37. The Morgan fingerprint density at radius 3 is 2.32 bits per heavy atom. The number of piperazine rings is 1. The fourth-order valence-electron chi connectivity index (χ4n) is 4.97. The molecule has 2 saturated heterocycles. The van der Waals surface area contributed by atoms with Crippen LogP contribution in [0.4, 0.5) is 5.69 Å². The van der Waals surface area contributed by atoms with Crippen molar-refractivity contribution in [3.8, 4) is 0 Å². The van der Waals surface area contributed by atoms with Crippen LogP contribution in [-0.2, 0) is 0 Å². The molecule has 0 spiro atoms. The Labute approximate surface area is 156 Å². The molecule has 1 aromatic carbocycles. The van der Waals surface area contributed by atoms with Crippen molar-refractivity contribution in [1.29, 1.82) is 0 Å². The maximum absolute atomic E-state index is 9.75. The third-order valence-corrected chi connectivity index (χ3v) is 6.53. The SMILES string of the molecule is OC1C[C@@H]2CN(CCCN3CCN(c4cccc(Cl)c4)CC3)C[C@@H]2C1. The lowest BCUT2D eigenvalue weighted by Crippen LogP contribution is -2.47. The highest BCUT2D eigenvalue weighted by atomic mass is 35.5.